The first-order chi connectivity index (χ1) is 12.8. The van der Waals surface area contributed by atoms with Gasteiger partial charge in [-0.2, -0.15) is 0 Å². The van der Waals surface area contributed by atoms with Gasteiger partial charge in [-0.1, -0.05) is 62.1 Å². The molecule has 0 radical (unpaired) electrons. The fraction of sp³-hybridized carbons (Fsp3) is 0.292. The van der Waals surface area contributed by atoms with Gasteiger partial charge in [-0.05, 0) is 49.2 Å². The summed E-state index contributed by atoms with van der Waals surface area (Å²) in [7, 11) is 0. The Labute approximate surface area is 156 Å². The zero-order valence-electron chi connectivity index (χ0n) is 15.7. The summed E-state index contributed by atoms with van der Waals surface area (Å²) in [5.74, 6) is 0.932. The molecule has 0 saturated heterocycles. The molecular weight excluding hydrogens is 318 g/mol. The van der Waals surface area contributed by atoms with Gasteiger partial charge in [0.2, 0.25) is 0 Å². The fourth-order valence-corrected chi connectivity index (χ4v) is 2.92. The summed E-state index contributed by atoms with van der Waals surface area (Å²) in [6.45, 7) is 5.12. The minimum atomic E-state index is 0.794. The van der Waals surface area contributed by atoms with Gasteiger partial charge in [0.25, 0.3) is 0 Å². The van der Waals surface area contributed by atoms with Crippen LogP contribution < -0.4 is 4.74 Å². The quantitative estimate of drug-likeness (QED) is 0.425. The van der Waals surface area contributed by atoms with Crippen molar-refractivity contribution in [1.29, 1.82) is 0 Å². The molecule has 0 saturated carbocycles. The Kier molecular flexibility index (Phi) is 6.43. The number of rotatable bonds is 8. The minimum absolute atomic E-state index is 0.794. The van der Waals surface area contributed by atoms with Crippen LogP contribution in [0.5, 0.6) is 5.75 Å². The smallest absolute Gasteiger partial charge is 0.119 e. The summed E-state index contributed by atoms with van der Waals surface area (Å²) >= 11 is 0. The zero-order valence-corrected chi connectivity index (χ0v) is 15.7. The number of ether oxygens (including phenoxy) is 1. The Balaban J connectivity index is 1.61. The van der Waals surface area contributed by atoms with Gasteiger partial charge in [0, 0.05) is 17.3 Å². The number of unbranched alkanes of at least 4 members (excludes halogenated alkanes) is 3. The molecule has 0 spiro atoms. The lowest BCUT2D eigenvalue weighted by Gasteiger charge is -2.08. The molecule has 0 aliphatic carbocycles. The van der Waals surface area contributed by atoms with E-state index in [1.54, 1.807) is 0 Å². The lowest BCUT2D eigenvalue weighted by molar-refractivity contribution is 0.305. The van der Waals surface area contributed by atoms with E-state index >= 15 is 0 Å². The Morgan fingerprint density at radius 1 is 0.731 bits per heavy atom. The van der Waals surface area contributed by atoms with Crippen LogP contribution >= 0.6 is 0 Å². The molecule has 3 aromatic rings. The molecule has 0 aliphatic heterocycles. The second-order valence-electron chi connectivity index (χ2n) is 6.73. The minimum Gasteiger partial charge on any atom is -0.494 e. The van der Waals surface area contributed by atoms with Gasteiger partial charge < -0.3 is 4.74 Å². The standard InChI is InChI=1S/C24H27NO/c1-3-4-5-6-17-26-23-14-11-21(12-15-23)24-16-13-22(18-25-24)20-9-7-19(2)8-10-20/h7-16,18H,3-6,17H2,1-2H3. The van der Waals surface area contributed by atoms with Crippen LogP contribution in [0.25, 0.3) is 22.4 Å². The van der Waals surface area contributed by atoms with Crippen LogP contribution in [0, 0.1) is 6.92 Å². The van der Waals surface area contributed by atoms with Gasteiger partial charge in [-0.3, -0.25) is 4.98 Å². The van der Waals surface area contributed by atoms with Gasteiger partial charge >= 0.3 is 0 Å². The van der Waals surface area contributed by atoms with E-state index in [2.05, 4.69) is 67.4 Å². The maximum Gasteiger partial charge on any atom is 0.119 e. The molecule has 0 aliphatic rings. The highest BCUT2D eigenvalue weighted by Crippen LogP contribution is 2.24. The average molecular weight is 345 g/mol. The van der Waals surface area contributed by atoms with Crippen LogP contribution in [-0.2, 0) is 0 Å². The predicted molar refractivity (Wildman–Crippen MR) is 109 cm³/mol. The normalized spacial score (nSPS) is 10.7. The molecule has 0 N–H and O–H groups in total. The lowest BCUT2D eigenvalue weighted by atomic mass is 10.0. The molecule has 0 fully saturated rings. The van der Waals surface area contributed by atoms with Crippen molar-refractivity contribution < 1.29 is 4.74 Å². The van der Waals surface area contributed by atoms with Crippen LogP contribution in [0.15, 0.2) is 66.9 Å². The van der Waals surface area contributed by atoms with Crippen molar-refractivity contribution in [2.45, 2.75) is 39.5 Å². The Morgan fingerprint density at radius 2 is 1.42 bits per heavy atom. The van der Waals surface area contributed by atoms with Crippen LogP contribution in [0.1, 0.15) is 38.2 Å². The molecule has 134 valence electrons. The molecule has 0 amide bonds. The van der Waals surface area contributed by atoms with Crippen LogP contribution in [0.2, 0.25) is 0 Å². The van der Waals surface area contributed by atoms with Gasteiger partial charge in [-0.15, -0.1) is 0 Å². The SMILES string of the molecule is CCCCCCOc1ccc(-c2ccc(-c3ccc(C)cc3)cn2)cc1. The fourth-order valence-electron chi connectivity index (χ4n) is 2.92. The van der Waals surface area contributed by atoms with E-state index in [0.717, 1.165) is 35.6 Å². The molecular formula is C24H27NO. The van der Waals surface area contributed by atoms with Gasteiger partial charge in [0.15, 0.2) is 0 Å². The highest BCUT2D eigenvalue weighted by Gasteiger charge is 2.03. The van der Waals surface area contributed by atoms with E-state index < -0.39 is 0 Å². The van der Waals surface area contributed by atoms with Crippen LogP contribution in [0.3, 0.4) is 0 Å². The number of aromatic nitrogens is 1. The van der Waals surface area contributed by atoms with Gasteiger partial charge in [-0.25, -0.2) is 0 Å². The van der Waals surface area contributed by atoms with Crippen LogP contribution in [-0.4, -0.2) is 11.6 Å². The van der Waals surface area contributed by atoms with Crippen molar-refractivity contribution in [2.75, 3.05) is 6.61 Å². The number of nitrogens with zero attached hydrogens (tertiary/aromatic N) is 1. The maximum atomic E-state index is 5.81. The van der Waals surface area contributed by atoms with E-state index in [-0.39, 0.29) is 0 Å². The van der Waals surface area contributed by atoms with Crippen molar-refractivity contribution in [3.05, 3.63) is 72.4 Å². The molecule has 0 bridgehead atoms. The molecule has 0 atom stereocenters. The number of hydrogen-bond donors (Lipinski definition) is 0. The van der Waals surface area contributed by atoms with Crippen molar-refractivity contribution in [2.24, 2.45) is 0 Å². The summed E-state index contributed by atoms with van der Waals surface area (Å²) < 4.78 is 5.81. The summed E-state index contributed by atoms with van der Waals surface area (Å²) in [6.07, 6.45) is 6.85. The highest BCUT2D eigenvalue weighted by molar-refractivity contribution is 5.67. The molecule has 26 heavy (non-hydrogen) atoms. The summed E-state index contributed by atoms with van der Waals surface area (Å²) in [5, 5.41) is 0. The number of pyridine rings is 1. The molecule has 2 aromatic carbocycles. The molecule has 2 nitrogen and oxygen atoms in total. The van der Waals surface area contributed by atoms with Gasteiger partial charge in [0.05, 0.1) is 12.3 Å². The summed E-state index contributed by atoms with van der Waals surface area (Å²) in [6, 6.07) is 21.0. The largest absolute Gasteiger partial charge is 0.494 e. The monoisotopic (exact) mass is 345 g/mol. The Morgan fingerprint density at radius 3 is 2.08 bits per heavy atom. The van der Waals surface area contributed by atoms with E-state index in [9.17, 15) is 0 Å². The van der Waals surface area contributed by atoms with E-state index in [0.29, 0.717) is 0 Å². The second kappa shape index (κ2) is 9.19. The molecule has 1 heterocycles. The van der Waals surface area contributed by atoms with E-state index in [1.165, 1.54) is 30.4 Å². The first kappa shape index (κ1) is 18.2. The maximum absolute atomic E-state index is 5.81. The highest BCUT2D eigenvalue weighted by atomic mass is 16.5. The Bertz CT molecular complexity index is 789. The number of benzene rings is 2. The number of hydrogen-bond acceptors (Lipinski definition) is 2. The second-order valence-corrected chi connectivity index (χ2v) is 6.73. The van der Waals surface area contributed by atoms with Crippen molar-refractivity contribution in [1.82, 2.24) is 4.98 Å². The predicted octanol–water partition coefficient (Wildman–Crippen LogP) is 6.68. The third-order valence-electron chi connectivity index (χ3n) is 4.57. The van der Waals surface area contributed by atoms with E-state index in [4.69, 9.17) is 4.74 Å². The molecule has 2 heteroatoms. The first-order valence-corrected chi connectivity index (χ1v) is 9.52. The zero-order chi connectivity index (χ0) is 18.2. The first-order valence-electron chi connectivity index (χ1n) is 9.52. The average Bonchev–Trinajstić information content (AvgIpc) is 2.69. The molecule has 1 aromatic heterocycles. The third kappa shape index (κ3) is 4.95. The van der Waals surface area contributed by atoms with Gasteiger partial charge in [0.1, 0.15) is 5.75 Å². The summed E-state index contributed by atoms with van der Waals surface area (Å²) in [4.78, 5) is 4.63. The van der Waals surface area contributed by atoms with Crippen LogP contribution in [0.4, 0.5) is 0 Å². The topological polar surface area (TPSA) is 22.1 Å². The van der Waals surface area contributed by atoms with Crippen molar-refractivity contribution in [3.8, 4) is 28.1 Å². The molecule has 0 unspecified atom stereocenters. The lowest BCUT2D eigenvalue weighted by Crippen LogP contribution is -1.97. The Hall–Kier alpha value is -2.61. The molecule has 3 rings (SSSR count). The third-order valence-corrected chi connectivity index (χ3v) is 4.57. The van der Waals surface area contributed by atoms with Crippen molar-refractivity contribution >= 4 is 0 Å². The summed E-state index contributed by atoms with van der Waals surface area (Å²) in [5.41, 5.74) is 5.70. The van der Waals surface area contributed by atoms with Crippen molar-refractivity contribution in [3.63, 3.8) is 0 Å². The number of aryl methyl sites for hydroxylation is 1. The van der Waals surface area contributed by atoms with E-state index in [1.807, 2.05) is 18.3 Å².